The van der Waals surface area contributed by atoms with Gasteiger partial charge in [0.25, 0.3) is 5.91 Å². The van der Waals surface area contributed by atoms with Crippen molar-refractivity contribution in [2.24, 2.45) is 5.92 Å². The maximum Gasteiger partial charge on any atom is 0.329 e. The van der Waals surface area contributed by atoms with Gasteiger partial charge in [-0.3, -0.25) is 4.79 Å². The van der Waals surface area contributed by atoms with Gasteiger partial charge in [-0.05, 0) is 44.4 Å². The molecule has 0 unspecified atom stereocenters. The third-order valence-electron chi connectivity index (χ3n) is 4.63. The summed E-state index contributed by atoms with van der Waals surface area (Å²) >= 11 is 0. The summed E-state index contributed by atoms with van der Waals surface area (Å²) in [4.78, 5) is 23.9. The SMILES string of the molecule is CC1CCC(NC(=O)c2cc(C3CC3)on2)(C(=O)O)CC1. The van der Waals surface area contributed by atoms with Gasteiger partial charge >= 0.3 is 5.97 Å². The van der Waals surface area contributed by atoms with E-state index in [1.165, 1.54) is 0 Å². The number of nitrogens with zero attached hydrogens (tertiary/aromatic N) is 1. The molecule has 2 saturated carbocycles. The predicted octanol–water partition coefficient (Wildman–Crippen LogP) is 2.32. The van der Waals surface area contributed by atoms with Gasteiger partial charge in [0.15, 0.2) is 5.69 Å². The van der Waals surface area contributed by atoms with Crippen LogP contribution in [0.5, 0.6) is 0 Å². The molecular formula is C15H20N2O4. The first kappa shape index (κ1) is 14.1. The van der Waals surface area contributed by atoms with Crippen LogP contribution in [0.1, 0.15) is 67.6 Å². The fraction of sp³-hybridized carbons (Fsp3) is 0.667. The Morgan fingerprint density at radius 1 is 1.33 bits per heavy atom. The van der Waals surface area contributed by atoms with Crippen molar-refractivity contribution in [3.63, 3.8) is 0 Å². The van der Waals surface area contributed by atoms with Crippen LogP contribution in [0.25, 0.3) is 0 Å². The molecule has 0 bridgehead atoms. The Morgan fingerprint density at radius 2 is 2.00 bits per heavy atom. The van der Waals surface area contributed by atoms with Gasteiger partial charge in [0.1, 0.15) is 11.3 Å². The highest BCUT2D eigenvalue weighted by atomic mass is 16.5. The Labute approximate surface area is 122 Å². The van der Waals surface area contributed by atoms with E-state index in [1.807, 2.05) is 0 Å². The van der Waals surface area contributed by atoms with E-state index in [0.29, 0.717) is 24.7 Å². The third-order valence-corrected chi connectivity index (χ3v) is 4.63. The monoisotopic (exact) mass is 292 g/mol. The molecule has 21 heavy (non-hydrogen) atoms. The zero-order chi connectivity index (χ0) is 15.0. The summed E-state index contributed by atoms with van der Waals surface area (Å²) in [6, 6.07) is 1.63. The normalized spacial score (nSPS) is 29.1. The maximum absolute atomic E-state index is 12.3. The van der Waals surface area contributed by atoms with Crippen LogP contribution < -0.4 is 5.32 Å². The quantitative estimate of drug-likeness (QED) is 0.888. The number of nitrogens with one attached hydrogen (secondary N) is 1. The van der Waals surface area contributed by atoms with Crippen LogP contribution in [0.3, 0.4) is 0 Å². The molecule has 0 saturated heterocycles. The topological polar surface area (TPSA) is 92.4 Å². The molecule has 2 aliphatic carbocycles. The van der Waals surface area contributed by atoms with Crippen LogP contribution in [-0.2, 0) is 4.79 Å². The highest BCUT2D eigenvalue weighted by Crippen LogP contribution is 2.40. The standard InChI is InChI=1S/C15H20N2O4/c1-9-4-6-15(7-5-9,14(19)20)16-13(18)11-8-12(21-17-11)10-2-3-10/h8-10H,2-7H2,1H3,(H,16,18)(H,19,20). The smallest absolute Gasteiger partial charge is 0.329 e. The van der Waals surface area contributed by atoms with Crippen molar-refractivity contribution < 1.29 is 19.2 Å². The molecule has 6 nitrogen and oxygen atoms in total. The van der Waals surface area contributed by atoms with E-state index in [4.69, 9.17) is 4.52 Å². The fourth-order valence-electron chi connectivity index (χ4n) is 2.89. The number of amides is 1. The van der Waals surface area contributed by atoms with E-state index in [1.54, 1.807) is 6.07 Å². The lowest BCUT2D eigenvalue weighted by Gasteiger charge is -2.36. The summed E-state index contributed by atoms with van der Waals surface area (Å²) in [6.45, 7) is 2.10. The molecule has 0 aromatic carbocycles. The Morgan fingerprint density at radius 3 is 2.57 bits per heavy atom. The van der Waals surface area contributed by atoms with Gasteiger partial charge in [-0.25, -0.2) is 4.79 Å². The number of carboxylic acid groups (broad SMARTS) is 1. The van der Waals surface area contributed by atoms with Crippen molar-refractivity contribution in [1.29, 1.82) is 0 Å². The molecule has 1 amide bonds. The molecule has 1 aromatic heterocycles. The van der Waals surface area contributed by atoms with Gasteiger partial charge in [0.05, 0.1) is 0 Å². The molecule has 0 spiro atoms. The number of rotatable bonds is 4. The Balaban J connectivity index is 1.72. The first-order chi connectivity index (χ1) is 10.00. The minimum absolute atomic E-state index is 0.177. The average molecular weight is 292 g/mol. The van der Waals surface area contributed by atoms with Gasteiger partial charge in [-0.2, -0.15) is 0 Å². The van der Waals surface area contributed by atoms with Gasteiger partial charge in [0, 0.05) is 12.0 Å². The van der Waals surface area contributed by atoms with E-state index in [0.717, 1.165) is 31.4 Å². The second-order valence-electron chi connectivity index (χ2n) is 6.41. The molecule has 1 heterocycles. The van der Waals surface area contributed by atoms with Crippen molar-refractivity contribution in [3.8, 4) is 0 Å². The lowest BCUT2D eigenvalue weighted by molar-refractivity contribution is -0.146. The molecule has 114 valence electrons. The Kier molecular flexibility index (Phi) is 3.47. The van der Waals surface area contributed by atoms with E-state index in [-0.39, 0.29) is 5.69 Å². The summed E-state index contributed by atoms with van der Waals surface area (Å²) in [6.07, 6.45) is 4.66. The van der Waals surface area contributed by atoms with Crippen LogP contribution in [-0.4, -0.2) is 27.7 Å². The van der Waals surface area contributed by atoms with E-state index in [9.17, 15) is 14.7 Å². The van der Waals surface area contributed by atoms with Gasteiger partial charge in [0.2, 0.25) is 0 Å². The van der Waals surface area contributed by atoms with Crippen molar-refractivity contribution in [2.75, 3.05) is 0 Å². The van der Waals surface area contributed by atoms with E-state index in [2.05, 4.69) is 17.4 Å². The number of hydrogen-bond acceptors (Lipinski definition) is 4. The average Bonchev–Trinajstić information content (AvgIpc) is 3.18. The largest absolute Gasteiger partial charge is 0.480 e. The van der Waals surface area contributed by atoms with Gasteiger partial charge in [-0.1, -0.05) is 12.1 Å². The Hall–Kier alpha value is -1.85. The van der Waals surface area contributed by atoms with E-state index >= 15 is 0 Å². The van der Waals surface area contributed by atoms with Crippen molar-refractivity contribution in [2.45, 2.75) is 56.9 Å². The van der Waals surface area contributed by atoms with Gasteiger partial charge in [-0.15, -0.1) is 0 Å². The molecule has 1 aromatic rings. The third kappa shape index (κ3) is 2.80. The van der Waals surface area contributed by atoms with Crippen LogP contribution in [0.2, 0.25) is 0 Å². The molecule has 2 fully saturated rings. The Bertz CT molecular complexity index is 554. The molecule has 0 radical (unpaired) electrons. The highest BCUT2D eigenvalue weighted by molar-refractivity contribution is 5.96. The number of carbonyl (C=O) groups is 2. The lowest BCUT2D eigenvalue weighted by Crippen LogP contribution is -2.56. The van der Waals surface area contributed by atoms with Gasteiger partial charge < -0.3 is 14.9 Å². The molecule has 2 aliphatic rings. The molecular weight excluding hydrogens is 272 g/mol. The molecule has 2 N–H and O–H groups in total. The number of aliphatic carboxylic acids is 1. The zero-order valence-corrected chi connectivity index (χ0v) is 12.1. The van der Waals surface area contributed by atoms with Crippen molar-refractivity contribution in [1.82, 2.24) is 10.5 Å². The summed E-state index contributed by atoms with van der Waals surface area (Å²) in [5.74, 6) is 0.184. The maximum atomic E-state index is 12.3. The number of carbonyl (C=O) groups excluding carboxylic acids is 1. The summed E-state index contributed by atoms with van der Waals surface area (Å²) in [5, 5.41) is 16.0. The summed E-state index contributed by atoms with van der Waals surface area (Å²) in [7, 11) is 0. The van der Waals surface area contributed by atoms with Crippen LogP contribution in [0, 0.1) is 5.92 Å². The minimum Gasteiger partial charge on any atom is -0.480 e. The molecule has 3 rings (SSSR count). The first-order valence-electron chi connectivity index (χ1n) is 7.53. The second-order valence-corrected chi connectivity index (χ2v) is 6.41. The minimum atomic E-state index is -1.16. The molecule has 0 atom stereocenters. The predicted molar refractivity (Wildman–Crippen MR) is 73.9 cm³/mol. The fourth-order valence-corrected chi connectivity index (χ4v) is 2.89. The second kappa shape index (κ2) is 5.16. The molecule has 0 aliphatic heterocycles. The lowest BCUT2D eigenvalue weighted by atomic mass is 9.77. The highest BCUT2D eigenvalue weighted by Gasteiger charge is 2.43. The van der Waals surface area contributed by atoms with Crippen molar-refractivity contribution in [3.05, 3.63) is 17.5 Å². The summed E-state index contributed by atoms with van der Waals surface area (Å²) < 4.78 is 5.15. The summed E-state index contributed by atoms with van der Waals surface area (Å²) in [5.41, 5.74) is -0.987. The van der Waals surface area contributed by atoms with Crippen LogP contribution in [0.15, 0.2) is 10.6 Å². The molecule has 6 heteroatoms. The zero-order valence-electron chi connectivity index (χ0n) is 12.1. The van der Waals surface area contributed by atoms with Crippen molar-refractivity contribution >= 4 is 11.9 Å². The number of carboxylic acids is 1. The first-order valence-corrected chi connectivity index (χ1v) is 7.53. The van der Waals surface area contributed by atoms with E-state index < -0.39 is 17.4 Å². The van der Waals surface area contributed by atoms with Crippen LogP contribution in [0.4, 0.5) is 0 Å². The number of aromatic nitrogens is 1. The van der Waals surface area contributed by atoms with Crippen LogP contribution >= 0.6 is 0 Å². The number of hydrogen-bond donors (Lipinski definition) is 2.